The van der Waals surface area contributed by atoms with Crippen LogP contribution in [0.4, 0.5) is 11.4 Å². The van der Waals surface area contributed by atoms with Gasteiger partial charge < -0.3 is 10.2 Å². The average molecular weight is 402 g/mol. The third-order valence-corrected chi connectivity index (χ3v) is 6.54. The number of nitrogens with one attached hydrogen (secondary N) is 1. The highest BCUT2D eigenvalue weighted by molar-refractivity contribution is 6.10. The van der Waals surface area contributed by atoms with Gasteiger partial charge in [-0.05, 0) is 99.0 Å². The van der Waals surface area contributed by atoms with Gasteiger partial charge >= 0.3 is 0 Å². The Morgan fingerprint density at radius 3 is 2.60 bits per heavy atom. The van der Waals surface area contributed by atoms with Gasteiger partial charge in [0.2, 0.25) is 0 Å². The summed E-state index contributed by atoms with van der Waals surface area (Å²) in [6.45, 7) is 12.8. The van der Waals surface area contributed by atoms with Gasteiger partial charge in [0.05, 0.1) is 0 Å². The van der Waals surface area contributed by atoms with Crippen LogP contribution in [0.2, 0.25) is 0 Å². The van der Waals surface area contributed by atoms with Crippen molar-refractivity contribution >= 4 is 23.4 Å². The van der Waals surface area contributed by atoms with Crippen molar-refractivity contribution in [3.05, 3.63) is 63.7 Å². The minimum Gasteiger partial charge on any atom is -0.369 e. The molecule has 0 aliphatic carbocycles. The van der Waals surface area contributed by atoms with Gasteiger partial charge in [0.15, 0.2) is 0 Å². The first-order valence-electron chi connectivity index (χ1n) is 10.4. The smallest absolute Gasteiger partial charge is 0.266 e. The molecule has 30 heavy (non-hydrogen) atoms. The predicted octanol–water partition coefficient (Wildman–Crippen LogP) is 5.88. The second-order valence-corrected chi connectivity index (χ2v) is 9.12. The molecule has 1 atom stereocenters. The van der Waals surface area contributed by atoms with E-state index < -0.39 is 0 Å². The quantitative estimate of drug-likeness (QED) is 0.516. The SMILES string of the molecule is Cc1cc2c(cc1/C=C(/C#N)C(=O)Nc1cccc(C)c1C)[C@H](C)CC(C)(C)N2C. The molecule has 0 saturated carbocycles. The molecule has 156 valence electrons. The molecule has 0 unspecified atom stereocenters. The third kappa shape index (κ3) is 3.98. The first-order chi connectivity index (χ1) is 14.0. The molecule has 0 saturated heterocycles. The maximum absolute atomic E-state index is 12.8. The zero-order chi connectivity index (χ0) is 22.2. The summed E-state index contributed by atoms with van der Waals surface area (Å²) in [6.07, 6.45) is 2.77. The summed E-state index contributed by atoms with van der Waals surface area (Å²) in [6, 6.07) is 12.2. The van der Waals surface area contributed by atoms with Gasteiger partial charge in [-0.3, -0.25) is 4.79 Å². The van der Waals surface area contributed by atoms with E-state index in [0.717, 1.165) is 34.4 Å². The molecule has 0 radical (unpaired) electrons. The minimum absolute atomic E-state index is 0.0968. The molecule has 4 heteroatoms. The Kier molecular flexibility index (Phi) is 5.76. The van der Waals surface area contributed by atoms with Gasteiger partial charge in [0.1, 0.15) is 11.6 Å². The topological polar surface area (TPSA) is 56.1 Å². The minimum atomic E-state index is -0.380. The van der Waals surface area contributed by atoms with Crippen molar-refractivity contribution in [2.45, 2.75) is 59.4 Å². The maximum Gasteiger partial charge on any atom is 0.266 e. The summed E-state index contributed by atoms with van der Waals surface area (Å²) < 4.78 is 0. The lowest BCUT2D eigenvalue weighted by molar-refractivity contribution is -0.112. The molecule has 1 amide bonds. The van der Waals surface area contributed by atoms with Gasteiger partial charge in [0, 0.05) is 24.0 Å². The Hall–Kier alpha value is -3.06. The number of carbonyl (C=O) groups is 1. The fraction of sp³-hybridized carbons (Fsp3) is 0.385. The van der Waals surface area contributed by atoms with E-state index in [1.54, 1.807) is 6.08 Å². The van der Waals surface area contributed by atoms with E-state index in [1.165, 1.54) is 11.3 Å². The van der Waals surface area contributed by atoms with Crippen LogP contribution in [0.3, 0.4) is 0 Å². The lowest BCUT2D eigenvalue weighted by Gasteiger charge is -2.45. The Labute approximate surface area is 180 Å². The highest BCUT2D eigenvalue weighted by Crippen LogP contribution is 2.43. The second kappa shape index (κ2) is 7.99. The molecule has 1 aliphatic heterocycles. The third-order valence-electron chi connectivity index (χ3n) is 6.54. The largest absolute Gasteiger partial charge is 0.369 e. The lowest BCUT2D eigenvalue weighted by Crippen LogP contribution is -2.45. The van der Waals surface area contributed by atoms with Crippen molar-refractivity contribution < 1.29 is 4.79 Å². The summed E-state index contributed by atoms with van der Waals surface area (Å²) in [5, 5.41) is 12.6. The zero-order valence-corrected chi connectivity index (χ0v) is 19.1. The Balaban J connectivity index is 1.97. The molecule has 1 heterocycles. The standard InChI is InChI=1S/C26H31N3O/c1-16-9-8-10-23(19(16)4)28-25(30)21(15-27)12-20-13-22-18(3)14-26(5,6)29(7)24(22)11-17(20)2/h8-13,18H,14H2,1-7H3,(H,28,30)/b21-12-/t18-/m1/s1. The monoisotopic (exact) mass is 401 g/mol. The first kappa shape index (κ1) is 21.6. The fourth-order valence-corrected chi connectivity index (χ4v) is 4.27. The number of rotatable bonds is 3. The van der Waals surface area contributed by atoms with Crippen molar-refractivity contribution in [2.24, 2.45) is 0 Å². The molecule has 0 fully saturated rings. The van der Waals surface area contributed by atoms with Crippen molar-refractivity contribution in [2.75, 3.05) is 17.3 Å². The number of nitriles is 1. The molecular formula is C26H31N3O. The van der Waals surface area contributed by atoms with E-state index in [-0.39, 0.29) is 17.0 Å². The van der Waals surface area contributed by atoms with Gasteiger partial charge in [-0.25, -0.2) is 0 Å². The highest BCUT2D eigenvalue weighted by Gasteiger charge is 2.34. The molecule has 2 aromatic carbocycles. The molecule has 1 aliphatic rings. The summed E-state index contributed by atoms with van der Waals surface area (Å²) in [5.41, 5.74) is 7.51. The molecule has 0 bridgehead atoms. The first-order valence-corrected chi connectivity index (χ1v) is 10.4. The van der Waals surface area contributed by atoms with Crippen LogP contribution in [0.15, 0.2) is 35.9 Å². The average Bonchev–Trinajstić information content (AvgIpc) is 2.68. The van der Waals surface area contributed by atoms with Gasteiger partial charge in [-0.2, -0.15) is 5.26 Å². The molecule has 2 aromatic rings. The van der Waals surface area contributed by atoms with Crippen LogP contribution in [-0.2, 0) is 4.79 Å². The van der Waals surface area contributed by atoms with Crippen LogP contribution in [0.25, 0.3) is 6.08 Å². The molecule has 4 nitrogen and oxygen atoms in total. The Bertz CT molecular complexity index is 1070. The van der Waals surface area contributed by atoms with Gasteiger partial charge in [-0.15, -0.1) is 0 Å². The maximum atomic E-state index is 12.8. The lowest BCUT2D eigenvalue weighted by atomic mass is 9.79. The van der Waals surface area contributed by atoms with Crippen LogP contribution >= 0.6 is 0 Å². The van der Waals surface area contributed by atoms with Crippen molar-refractivity contribution in [1.82, 2.24) is 0 Å². The number of carbonyl (C=O) groups excluding carboxylic acids is 1. The summed E-state index contributed by atoms with van der Waals surface area (Å²) >= 11 is 0. The van der Waals surface area contributed by atoms with Crippen LogP contribution in [0.5, 0.6) is 0 Å². The molecule has 0 spiro atoms. The summed E-state index contributed by atoms with van der Waals surface area (Å²) in [7, 11) is 2.14. The van der Waals surface area contributed by atoms with E-state index in [0.29, 0.717) is 5.92 Å². The number of hydrogen-bond donors (Lipinski definition) is 1. The number of benzene rings is 2. The number of hydrogen-bond acceptors (Lipinski definition) is 3. The van der Waals surface area contributed by atoms with Crippen molar-refractivity contribution in [1.29, 1.82) is 5.26 Å². The van der Waals surface area contributed by atoms with Crippen LogP contribution < -0.4 is 10.2 Å². The fourth-order valence-electron chi connectivity index (χ4n) is 4.27. The van der Waals surface area contributed by atoms with E-state index in [2.05, 4.69) is 56.2 Å². The number of aryl methyl sites for hydroxylation is 2. The van der Waals surface area contributed by atoms with Crippen molar-refractivity contribution in [3.63, 3.8) is 0 Å². The van der Waals surface area contributed by atoms with E-state index in [4.69, 9.17) is 0 Å². The highest BCUT2D eigenvalue weighted by atomic mass is 16.1. The Morgan fingerprint density at radius 2 is 1.93 bits per heavy atom. The van der Waals surface area contributed by atoms with Crippen LogP contribution in [-0.4, -0.2) is 18.5 Å². The van der Waals surface area contributed by atoms with E-state index in [1.807, 2.05) is 39.0 Å². The van der Waals surface area contributed by atoms with E-state index >= 15 is 0 Å². The number of fused-ring (bicyclic) bond motifs is 1. The Morgan fingerprint density at radius 1 is 1.23 bits per heavy atom. The van der Waals surface area contributed by atoms with Gasteiger partial charge in [-0.1, -0.05) is 19.1 Å². The summed E-state index contributed by atoms with van der Waals surface area (Å²) in [5.74, 6) is 0.0304. The number of nitrogens with zero attached hydrogens (tertiary/aromatic N) is 2. The van der Waals surface area contributed by atoms with Crippen LogP contribution in [0.1, 0.15) is 60.9 Å². The molecule has 1 N–H and O–H groups in total. The zero-order valence-electron chi connectivity index (χ0n) is 19.1. The van der Waals surface area contributed by atoms with Gasteiger partial charge in [0.25, 0.3) is 5.91 Å². The summed E-state index contributed by atoms with van der Waals surface area (Å²) in [4.78, 5) is 15.1. The van der Waals surface area contributed by atoms with Crippen molar-refractivity contribution in [3.8, 4) is 6.07 Å². The normalized spacial score (nSPS) is 17.9. The second-order valence-electron chi connectivity index (χ2n) is 9.12. The molecule has 3 rings (SSSR count). The number of amides is 1. The molecular weight excluding hydrogens is 370 g/mol. The van der Waals surface area contributed by atoms with Crippen LogP contribution in [0, 0.1) is 32.1 Å². The number of anilines is 2. The molecule has 0 aromatic heterocycles. The predicted molar refractivity (Wildman–Crippen MR) is 125 cm³/mol. The van der Waals surface area contributed by atoms with E-state index in [9.17, 15) is 10.1 Å².